The summed E-state index contributed by atoms with van der Waals surface area (Å²) in [6.07, 6.45) is -0.235. The molecular weight excluding hydrogens is 455 g/mol. The zero-order valence-electron chi connectivity index (χ0n) is 19.6. The lowest BCUT2D eigenvalue weighted by Crippen LogP contribution is -2.51. The first-order valence-electron chi connectivity index (χ1n) is 12.0. The molecule has 8 heteroatoms. The Kier molecular flexibility index (Phi) is 6.30. The van der Waals surface area contributed by atoms with Crippen LogP contribution >= 0.6 is 0 Å². The van der Waals surface area contributed by atoms with Crippen LogP contribution in [0, 0.1) is 6.92 Å². The van der Waals surface area contributed by atoms with Crippen molar-refractivity contribution in [3.05, 3.63) is 59.4 Å². The fourth-order valence-electron chi connectivity index (χ4n) is 5.05. The molecule has 3 heterocycles. The molecule has 5 rings (SSSR count). The summed E-state index contributed by atoms with van der Waals surface area (Å²) < 4.78 is 46.3. The van der Waals surface area contributed by atoms with E-state index in [1.165, 1.54) is 0 Å². The van der Waals surface area contributed by atoms with E-state index in [-0.39, 0.29) is 19.4 Å². The number of ether oxygens (including phenoxy) is 1. The van der Waals surface area contributed by atoms with Crippen molar-refractivity contribution in [1.29, 1.82) is 0 Å². The van der Waals surface area contributed by atoms with Crippen molar-refractivity contribution in [3.8, 4) is 16.9 Å². The summed E-state index contributed by atoms with van der Waals surface area (Å²) >= 11 is 0. The third-order valence-corrected chi connectivity index (χ3v) is 6.86. The van der Waals surface area contributed by atoms with E-state index in [2.05, 4.69) is 22.1 Å². The van der Waals surface area contributed by atoms with E-state index in [1.54, 1.807) is 0 Å². The molecular formula is C27H28F3N3O2. The number of aromatic nitrogens is 2. The number of allylic oxidation sites excluding steroid dienone is 1. The number of aromatic amines is 1. The Morgan fingerprint density at radius 3 is 2.80 bits per heavy atom. The fourth-order valence-corrected chi connectivity index (χ4v) is 5.05. The molecule has 1 N–H and O–H groups in total. The van der Waals surface area contributed by atoms with E-state index < -0.39 is 18.1 Å². The number of imidazole rings is 1. The third-order valence-electron chi connectivity index (χ3n) is 6.86. The van der Waals surface area contributed by atoms with Gasteiger partial charge < -0.3 is 14.6 Å². The Bertz CT molecular complexity index is 1280. The first-order chi connectivity index (χ1) is 16.8. The summed E-state index contributed by atoms with van der Waals surface area (Å²) in [6, 6.07) is 10.5. The molecule has 0 saturated carbocycles. The van der Waals surface area contributed by atoms with E-state index >= 15 is 0 Å². The van der Waals surface area contributed by atoms with E-state index in [4.69, 9.17) is 4.74 Å². The van der Waals surface area contributed by atoms with Gasteiger partial charge in [0.2, 0.25) is 5.91 Å². The van der Waals surface area contributed by atoms with Crippen LogP contribution in [0.15, 0.2) is 48.0 Å². The molecule has 2 aromatic carbocycles. The van der Waals surface area contributed by atoms with E-state index in [1.807, 2.05) is 37.3 Å². The Balaban J connectivity index is 1.34. The number of hydrogen-bond donors (Lipinski definition) is 1. The smallest absolute Gasteiger partial charge is 0.408 e. The number of benzene rings is 2. The number of fused-ring (bicyclic) bond motifs is 2. The molecule has 0 aliphatic carbocycles. The standard InChI is InChI=1S/C27H28F3N3O2/c1-17-31-22-9-7-20(16-23(22)32-17)19-8-10-24-21(15-19)6-5-18(11-13-35-24)14-26(34)33-12-3-2-4-25(33)27(28,29)30/h5,7-10,15-16,25H,2-4,6,11-14H2,1H3,(H,31,32)/b18-5+. The van der Waals surface area contributed by atoms with Gasteiger partial charge in [-0.2, -0.15) is 13.2 Å². The average Bonchev–Trinajstić information content (AvgIpc) is 3.20. The molecule has 1 amide bonds. The average molecular weight is 484 g/mol. The van der Waals surface area contributed by atoms with Gasteiger partial charge in [0.15, 0.2) is 0 Å². The molecule has 2 aliphatic rings. The zero-order valence-corrected chi connectivity index (χ0v) is 19.6. The van der Waals surface area contributed by atoms with Gasteiger partial charge >= 0.3 is 6.18 Å². The highest BCUT2D eigenvalue weighted by molar-refractivity contribution is 5.82. The number of nitrogens with zero attached hydrogens (tertiary/aromatic N) is 2. The fraction of sp³-hybridized carbons (Fsp3) is 0.407. The van der Waals surface area contributed by atoms with Crippen LogP contribution in [0.3, 0.4) is 0 Å². The molecule has 0 bridgehead atoms. The minimum Gasteiger partial charge on any atom is -0.493 e. The number of H-pyrrole nitrogens is 1. The van der Waals surface area contributed by atoms with Crippen LogP contribution in [0.25, 0.3) is 22.2 Å². The second kappa shape index (κ2) is 9.40. The van der Waals surface area contributed by atoms with Crippen LogP contribution in [0.2, 0.25) is 0 Å². The third kappa shape index (κ3) is 5.06. The number of rotatable bonds is 3. The summed E-state index contributed by atoms with van der Waals surface area (Å²) in [5.41, 5.74) is 5.78. The van der Waals surface area contributed by atoms with Gasteiger partial charge in [0.25, 0.3) is 0 Å². The van der Waals surface area contributed by atoms with Crippen LogP contribution in [-0.2, 0) is 11.2 Å². The van der Waals surface area contributed by atoms with Crippen molar-refractivity contribution in [2.45, 2.75) is 57.7 Å². The number of piperidine rings is 1. The summed E-state index contributed by atoms with van der Waals surface area (Å²) in [7, 11) is 0. The molecule has 3 aromatic rings. The molecule has 0 radical (unpaired) electrons. The highest BCUT2D eigenvalue weighted by Gasteiger charge is 2.46. The maximum Gasteiger partial charge on any atom is 0.408 e. The van der Waals surface area contributed by atoms with Crippen molar-refractivity contribution in [3.63, 3.8) is 0 Å². The molecule has 1 atom stereocenters. The Morgan fingerprint density at radius 2 is 1.97 bits per heavy atom. The normalized spacial score (nSPS) is 20.4. The predicted octanol–water partition coefficient (Wildman–Crippen LogP) is 6.12. The second-order valence-electron chi connectivity index (χ2n) is 9.36. The van der Waals surface area contributed by atoms with Gasteiger partial charge in [0.1, 0.15) is 17.6 Å². The molecule has 35 heavy (non-hydrogen) atoms. The summed E-state index contributed by atoms with van der Waals surface area (Å²) in [6.45, 7) is 2.47. The van der Waals surface area contributed by atoms with Crippen LogP contribution in [0.4, 0.5) is 13.2 Å². The molecule has 2 aliphatic heterocycles. The van der Waals surface area contributed by atoms with Crippen molar-refractivity contribution in [2.24, 2.45) is 0 Å². The Hall–Kier alpha value is -3.29. The van der Waals surface area contributed by atoms with Crippen LogP contribution in [-0.4, -0.2) is 46.1 Å². The van der Waals surface area contributed by atoms with E-state index in [0.717, 1.165) is 49.8 Å². The Morgan fingerprint density at radius 1 is 1.17 bits per heavy atom. The molecule has 1 fully saturated rings. The molecule has 1 unspecified atom stereocenters. The predicted molar refractivity (Wildman–Crippen MR) is 128 cm³/mol. The number of aryl methyl sites for hydroxylation is 1. The lowest BCUT2D eigenvalue weighted by Gasteiger charge is -2.37. The minimum atomic E-state index is -4.39. The van der Waals surface area contributed by atoms with Crippen LogP contribution < -0.4 is 4.74 Å². The molecule has 0 spiro atoms. The van der Waals surface area contributed by atoms with E-state index in [0.29, 0.717) is 32.3 Å². The zero-order chi connectivity index (χ0) is 24.6. The van der Waals surface area contributed by atoms with Gasteiger partial charge in [-0.25, -0.2) is 4.98 Å². The maximum absolute atomic E-state index is 13.4. The highest BCUT2D eigenvalue weighted by atomic mass is 19.4. The number of nitrogens with one attached hydrogen (secondary N) is 1. The number of likely N-dealkylation sites (tertiary alicyclic amines) is 1. The van der Waals surface area contributed by atoms with Gasteiger partial charge in [-0.15, -0.1) is 0 Å². The van der Waals surface area contributed by atoms with Gasteiger partial charge in [0, 0.05) is 19.4 Å². The Labute approximate surface area is 202 Å². The SMILES string of the molecule is Cc1nc2ccc(-c3ccc4c(c3)C/C=C(/CC(=O)N3CCCCC3C(F)(F)F)CCO4)cc2[nH]1. The summed E-state index contributed by atoms with van der Waals surface area (Å²) in [5.74, 6) is 1.21. The molecule has 1 aromatic heterocycles. The van der Waals surface area contributed by atoms with Gasteiger partial charge in [-0.1, -0.05) is 23.8 Å². The first kappa shape index (κ1) is 23.5. The monoisotopic (exact) mass is 483 g/mol. The van der Waals surface area contributed by atoms with Crippen molar-refractivity contribution in [2.75, 3.05) is 13.2 Å². The number of carbonyl (C=O) groups is 1. The maximum atomic E-state index is 13.4. The minimum absolute atomic E-state index is 0.000800. The van der Waals surface area contributed by atoms with Crippen molar-refractivity contribution >= 4 is 16.9 Å². The van der Waals surface area contributed by atoms with Crippen molar-refractivity contribution in [1.82, 2.24) is 14.9 Å². The quantitative estimate of drug-likeness (QED) is 0.457. The molecule has 5 nitrogen and oxygen atoms in total. The summed E-state index contributed by atoms with van der Waals surface area (Å²) in [4.78, 5) is 21.6. The van der Waals surface area contributed by atoms with E-state index in [9.17, 15) is 18.0 Å². The second-order valence-corrected chi connectivity index (χ2v) is 9.36. The number of carbonyl (C=O) groups excluding carboxylic acids is 1. The number of halogens is 3. The topological polar surface area (TPSA) is 58.2 Å². The largest absolute Gasteiger partial charge is 0.493 e. The first-order valence-corrected chi connectivity index (χ1v) is 12.0. The lowest BCUT2D eigenvalue weighted by atomic mass is 9.97. The lowest BCUT2D eigenvalue weighted by molar-refractivity contribution is -0.195. The number of hydrogen-bond acceptors (Lipinski definition) is 3. The van der Waals surface area contributed by atoms with Crippen molar-refractivity contribution < 1.29 is 22.7 Å². The summed E-state index contributed by atoms with van der Waals surface area (Å²) in [5, 5.41) is 0. The van der Waals surface area contributed by atoms with Gasteiger partial charge in [0.05, 0.1) is 17.6 Å². The molecule has 184 valence electrons. The number of alkyl halides is 3. The van der Waals surface area contributed by atoms with Crippen LogP contribution in [0.1, 0.15) is 43.5 Å². The number of amides is 1. The highest BCUT2D eigenvalue weighted by Crippen LogP contribution is 2.34. The van der Waals surface area contributed by atoms with Gasteiger partial charge in [-0.3, -0.25) is 4.79 Å². The van der Waals surface area contributed by atoms with Gasteiger partial charge in [-0.05, 0) is 73.6 Å². The van der Waals surface area contributed by atoms with Crippen LogP contribution in [0.5, 0.6) is 5.75 Å². The molecule has 1 saturated heterocycles.